The van der Waals surface area contributed by atoms with Gasteiger partial charge in [-0.25, -0.2) is 15.0 Å². The van der Waals surface area contributed by atoms with E-state index < -0.39 is 0 Å². The molecule has 250 valence electrons. The fourth-order valence-corrected chi connectivity index (χ4v) is 9.59. The SMILES string of the molecule is c1ccc(-c2nc(-c3ccc4c(c3)sc3ccccc34)nc(-c3cccc4oc5ccc(-c6ccc7c8c(cccc68)-c6ccccc6-7)cc5c34)n2)cc1. The van der Waals surface area contributed by atoms with Crippen molar-refractivity contribution in [2.75, 3.05) is 0 Å². The zero-order valence-electron chi connectivity index (χ0n) is 28.7. The fourth-order valence-electron chi connectivity index (χ4n) is 8.45. The molecule has 8 aromatic carbocycles. The summed E-state index contributed by atoms with van der Waals surface area (Å²) in [7, 11) is 0. The molecule has 5 heteroatoms. The minimum atomic E-state index is 0.608. The first-order valence-electron chi connectivity index (χ1n) is 18.1. The van der Waals surface area contributed by atoms with Gasteiger partial charge >= 0.3 is 0 Å². The van der Waals surface area contributed by atoms with Gasteiger partial charge in [-0.15, -0.1) is 11.3 Å². The molecule has 12 rings (SSSR count). The molecule has 4 nitrogen and oxygen atoms in total. The molecular weight excluding hydrogens is 679 g/mol. The summed E-state index contributed by atoms with van der Waals surface area (Å²) < 4.78 is 9.00. The van der Waals surface area contributed by atoms with Crippen molar-refractivity contribution < 1.29 is 4.42 Å². The Bertz CT molecular complexity index is 3310. The molecule has 1 aliphatic rings. The third-order valence-corrected chi connectivity index (χ3v) is 12.0. The third-order valence-electron chi connectivity index (χ3n) is 10.9. The lowest BCUT2D eigenvalue weighted by molar-refractivity contribution is 0.669. The van der Waals surface area contributed by atoms with Crippen LogP contribution in [0.2, 0.25) is 0 Å². The van der Waals surface area contributed by atoms with Crippen LogP contribution in [0.25, 0.3) is 120 Å². The number of hydrogen-bond donors (Lipinski definition) is 0. The Hall–Kier alpha value is -6.95. The fraction of sp³-hybridized carbons (Fsp3) is 0. The average Bonchev–Trinajstić information content (AvgIpc) is 3.91. The maximum atomic E-state index is 6.52. The van der Waals surface area contributed by atoms with E-state index in [2.05, 4.69) is 133 Å². The second-order valence-electron chi connectivity index (χ2n) is 13.9. The van der Waals surface area contributed by atoms with Crippen molar-refractivity contribution >= 4 is 64.2 Å². The molecule has 0 atom stereocenters. The van der Waals surface area contributed by atoms with E-state index in [1.54, 1.807) is 11.3 Å². The number of benzene rings is 8. The summed E-state index contributed by atoms with van der Waals surface area (Å²) in [6, 6.07) is 57.9. The number of nitrogens with zero attached hydrogens (tertiary/aromatic N) is 3. The Morgan fingerprint density at radius 2 is 0.981 bits per heavy atom. The zero-order valence-corrected chi connectivity index (χ0v) is 29.6. The zero-order chi connectivity index (χ0) is 35.3. The number of thiophene rings is 1. The predicted octanol–water partition coefficient (Wildman–Crippen LogP) is 13.6. The first-order valence-corrected chi connectivity index (χ1v) is 18.9. The minimum Gasteiger partial charge on any atom is -0.456 e. The molecule has 0 unspecified atom stereocenters. The molecule has 0 bridgehead atoms. The molecule has 0 spiro atoms. The molecule has 0 saturated carbocycles. The van der Waals surface area contributed by atoms with E-state index >= 15 is 0 Å². The summed E-state index contributed by atoms with van der Waals surface area (Å²) in [5, 5.41) is 7.09. The topological polar surface area (TPSA) is 51.8 Å². The van der Waals surface area contributed by atoms with E-state index in [1.807, 2.05) is 30.3 Å². The van der Waals surface area contributed by atoms with Gasteiger partial charge in [0.25, 0.3) is 0 Å². The number of hydrogen-bond acceptors (Lipinski definition) is 5. The molecule has 0 aliphatic heterocycles. The van der Waals surface area contributed by atoms with E-state index in [0.717, 1.165) is 44.2 Å². The second-order valence-corrected chi connectivity index (χ2v) is 15.0. The average molecular weight is 706 g/mol. The third kappa shape index (κ3) is 4.33. The highest BCUT2D eigenvalue weighted by Gasteiger charge is 2.23. The van der Waals surface area contributed by atoms with Crippen LogP contribution in [0.3, 0.4) is 0 Å². The summed E-state index contributed by atoms with van der Waals surface area (Å²) >= 11 is 1.79. The number of fused-ring (bicyclic) bond motifs is 9. The van der Waals surface area contributed by atoms with Gasteiger partial charge in [0.1, 0.15) is 11.2 Å². The van der Waals surface area contributed by atoms with Gasteiger partial charge in [0.05, 0.1) is 0 Å². The molecule has 0 N–H and O–H groups in total. The second kappa shape index (κ2) is 11.3. The summed E-state index contributed by atoms with van der Waals surface area (Å²) in [5.74, 6) is 1.88. The van der Waals surface area contributed by atoms with Crippen LogP contribution in [0.15, 0.2) is 168 Å². The van der Waals surface area contributed by atoms with Crippen LogP contribution in [-0.2, 0) is 0 Å². The first-order chi connectivity index (χ1) is 26.7. The summed E-state index contributed by atoms with van der Waals surface area (Å²) in [5.41, 5.74) is 11.9. The van der Waals surface area contributed by atoms with Gasteiger partial charge in [0.2, 0.25) is 0 Å². The van der Waals surface area contributed by atoms with E-state index in [0.29, 0.717) is 17.5 Å². The van der Waals surface area contributed by atoms with Crippen LogP contribution in [0, 0.1) is 0 Å². The van der Waals surface area contributed by atoms with Crippen molar-refractivity contribution in [2.45, 2.75) is 0 Å². The van der Waals surface area contributed by atoms with Crippen LogP contribution in [0.1, 0.15) is 0 Å². The van der Waals surface area contributed by atoms with Gasteiger partial charge in [-0.05, 0) is 74.5 Å². The Balaban J connectivity index is 1.06. The van der Waals surface area contributed by atoms with Gasteiger partial charge in [0.15, 0.2) is 17.5 Å². The number of furan rings is 1. The van der Waals surface area contributed by atoms with Crippen molar-refractivity contribution in [3.8, 4) is 67.5 Å². The first kappa shape index (κ1) is 29.6. The van der Waals surface area contributed by atoms with Gasteiger partial charge in [-0.3, -0.25) is 0 Å². The Labute approximate surface area is 313 Å². The molecule has 3 aromatic heterocycles. The molecule has 3 heterocycles. The van der Waals surface area contributed by atoms with E-state index in [-0.39, 0.29) is 0 Å². The standard InChI is InChI=1S/C49H27N3OS/c1-2-10-28(11-3-1)47-50-48(30-20-22-35-34-14-6-7-19-43(34)54-44(35)27-30)52-49(51-47)39-17-9-18-42-46(39)40-26-29(21-25-41(40)53-42)31-23-24-38-33-13-5-4-12-32(33)37-16-8-15-36(31)45(37)38/h1-27H. The molecular formula is C49H27N3OS. The number of rotatable bonds is 4. The molecule has 11 aromatic rings. The minimum absolute atomic E-state index is 0.608. The van der Waals surface area contributed by atoms with Crippen molar-refractivity contribution in [1.29, 1.82) is 0 Å². The van der Waals surface area contributed by atoms with Gasteiger partial charge < -0.3 is 4.42 Å². The molecule has 0 amide bonds. The largest absolute Gasteiger partial charge is 0.456 e. The van der Waals surface area contributed by atoms with Crippen molar-refractivity contribution in [1.82, 2.24) is 15.0 Å². The highest BCUT2D eigenvalue weighted by molar-refractivity contribution is 7.25. The van der Waals surface area contributed by atoms with Gasteiger partial charge in [0, 0.05) is 47.6 Å². The highest BCUT2D eigenvalue weighted by Crippen LogP contribution is 2.49. The summed E-state index contributed by atoms with van der Waals surface area (Å²) in [6.45, 7) is 0. The lowest BCUT2D eigenvalue weighted by atomic mass is 9.93. The molecule has 0 radical (unpaired) electrons. The quantitative estimate of drug-likeness (QED) is 0.183. The van der Waals surface area contributed by atoms with Gasteiger partial charge in [-0.1, -0.05) is 133 Å². The van der Waals surface area contributed by atoms with E-state index in [1.165, 1.54) is 58.8 Å². The van der Waals surface area contributed by atoms with E-state index in [4.69, 9.17) is 19.4 Å². The maximum Gasteiger partial charge on any atom is 0.164 e. The lowest BCUT2D eigenvalue weighted by Crippen LogP contribution is -2.00. The van der Waals surface area contributed by atoms with E-state index in [9.17, 15) is 0 Å². The monoisotopic (exact) mass is 705 g/mol. The van der Waals surface area contributed by atoms with Crippen molar-refractivity contribution in [2.24, 2.45) is 0 Å². The van der Waals surface area contributed by atoms with Crippen LogP contribution in [0.5, 0.6) is 0 Å². The predicted molar refractivity (Wildman–Crippen MR) is 224 cm³/mol. The normalized spacial score (nSPS) is 12.1. The van der Waals surface area contributed by atoms with Crippen LogP contribution < -0.4 is 0 Å². The maximum absolute atomic E-state index is 6.52. The Kier molecular flexibility index (Phi) is 6.18. The smallest absolute Gasteiger partial charge is 0.164 e. The van der Waals surface area contributed by atoms with Crippen LogP contribution >= 0.6 is 11.3 Å². The van der Waals surface area contributed by atoms with Gasteiger partial charge in [-0.2, -0.15) is 0 Å². The van der Waals surface area contributed by atoms with Crippen molar-refractivity contribution in [3.05, 3.63) is 164 Å². The van der Waals surface area contributed by atoms with Crippen LogP contribution in [0.4, 0.5) is 0 Å². The Morgan fingerprint density at radius 1 is 0.333 bits per heavy atom. The lowest BCUT2D eigenvalue weighted by Gasteiger charge is -2.11. The molecule has 0 fully saturated rings. The molecule has 0 saturated heterocycles. The molecule has 54 heavy (non-hydrogen) atoms. The van der Waals surface area contributed by atoms with Crippen molar-refractivity contribution in [3.63, 3.8) is 0 Å². The van der Waals surface area contributed by atoms with Crippen LogP contribution in [-0.4, -0.2) is 15.0 Å². The summed E-state index contributed by atoms with van der Waals surface area (Å²) in [4.78, 5) is 15.4. The summed E-state index contributed by atoms with van der Waals surface area (Å²) in [6.07, 6.45) is 0. The number of aromatic nitrogens is 3. The highest BCUT2D eigenvalue weighted by atomic mass is 32.1. The Morgan fingerprint density at radius 3 is 1.87 bits per heavy atom. The molecule has 1 aliphatic carbocycles.